The summed E-state index contributed by atoms with van der Waals surface area (Å²) in [7, 11) is 0. The van der Waals surface area contributed by atoms with Crippen molar-refractivity contribution in [2.24, 2.45) is 0 Å². The fourth-order valence-electron chi connectivity index (χ4n) is 4.08. The highest BCUT2D eigenvalue weighted by molar-refractivity contribution is 5.82. The minimum Gasteiger partial charge on any atom is -0.450 e. The maximum Gasteiger partial charge on any atom is 0.409 e. The van der Waals surface area contributed by atoms with Gasteiger partial charge < -0.3 is 15.0 Å². The predicted octanol–water partition coefficient (Wildman–Crippen LogP) is 2.70. The lowest BCUT2D eigenvalue weighted by atomic mass is 10.0. The van der Waals surface area contributed by atoms with Crippen LogP contribution in [0.5, 0.6) is 0 Å². The van der Waals surface area contributed by atoms with Crippen molar-refractivity contribution in [2.45, 2.75) is 58.2 Å². The number of nitrogens with zero attached hydrogens (tertiary/aromatic N) is 2. The van der Waals surface area contributed by atoms with Gasteiger partial charge in [0.25, 0.3) is 0 Å². The van der Waals surface area contributed by atoms with E-state index in [1.165, 1.54) is 11.1 Å². The zero-order valence-electron chi connectivity index (χ0n) is 16.4. The maximum absolute atomic E-state index is 12.8. The highest BCUT2D eigenvalue weighted by Crippen LogP contribution is 2.21. The molecule has 2 aliphatic heterocycles. The third kappa shape index (κ3) is 5.22. The van der Waals surface area contributed by atoms with E-state index in [4.69, 9.17) is 4.74 Å². The Labute approximate surface area is 161 Å². The van der Waals surface area contributed by atoms with Crippen LogP contribution in [0.25, 0.3) is 0 Å². The summed E-state index contributed by atoms with van der Waals surface area (Å²) in [6.45, 7) is 7.38. The zero-order chi connectivity index (χ0) is 19.2. The molecule has 148 valence electrons. The van der Waals surface area contributed by atoms with Crippen LogP contribution in [0.1, 0.15) is 43.7 Å². The fourth-order valence-corrected chi connectivity index (χ4v) is 4.08. The normalized spacial score (nSPS) is 21.3. The molecular weight excluding hydrogens is 342 g/mol. The van der Waals surface area contributed by atoms with E-state index in [-0.39, 0.29) is 24.1 Å². The molecule has 6 nitrogen and oxygen atoms in total. The van der Waals surface area contributed by atoms with E-state index in [1.54, 1.807) is 4.90 Å². The highest BCUT2D eigenvalue weighted by Gasteiger charge is 2.33. The van der Waals surface area contributed by atoms with Crippen molar-refractivity contribution in [3.05, 3.63) is 35.4 Å². The largest absolute Gasteiger partial charge is 0.450 e. The molecule has 2 heterocycles. The van der Waals surface area contributed by atoms with Gasteiger partial charge in [0.2, 0.25) is 5.91 Å². The molecule has 0 bridgehead atoms. The van der Waals surface area contributed by atoms with Crippen molar-refractivity contribution in [3.8, 4) is 0 Å². The molecule has 1 unspecified atom stereocenters. The molecule has 3 rings (SSSR count). The van der Waals surface area contributed by atoms with Crippen molar-refractivity contribution in [3.63, 3.8) is 0 Å². The first-order valence-corrected chi connectivity index (χ1v) is 10.1. The summed E-state index contributed by atoms with van der Waals surface area (Å²) >= 11 is 0. The van der Waals surface area contributed by atoms with Gasteiger partial charge in [0.15, 0.2) is 0 Å². The predicted molar refractivity (Wildman–Crippen MR) is 104 cm³/mol. The Balaban J connectivity index is 1.49. The first kappa shape index (κ1) is 19.7. The lowest BCUT2D eigenvalue weighted by Crippen LogP contribution is -2.51. The van der Waals surface area contributed by atoms with E-state index in [0.717, 1.165) is 38.8 Å². The Hall–Kier alpha value is -2.08. The molecule has 1 atom stereocenters. The molecular formula is C21H31N3O3. The summed E-state index contributed by atoms with van der Waals surface area (Å²) in [6.07, 6.45) is 3.30. The minimum atomic E-state index is -0.248. The van der Waals surface area contributed by atoms with Crippen LogP contribution in [0.3, 0.4) is 0 Å². The van der Waals surface area contributed by atoms with Crippen LogP contribution < -0.4 is 5.32 Å². The number of benzene rings is 1. The number of piperidine rings is 1. The molecule has 1 N–H and O–H groups in total. The summed E-state index contributed by atoms with van der Waals surface area (Å²) in [4.78, 5) is 28.6. The molecule has 0 radical (unpaired) electrons. The monoisotopic (exact) mass is 373 g/mol. The highest BCUT2D eigenvalue weighted by atomic mass is 16.6. The number of ether oxygens (including phenoxy) is 1. The minimum absolute atomic E-state index is 0.0476. The van der Waals surface area contributed by atoms with E-state index < -0.39 is 0 Å². The number of carbonyl (C=O) groups is 2. The molecule has 0 spiro atoms. The van der Waals surface area contributed by atoms with Crippen LogP contribution in [0.2, 0.25) is 0 Å². The van der Waals surface area contributed by atoms with Crippen LogP contribution >= 0.6 is 0 Å². The van der Waals surface area contributed by atoms with Gasteiger partial charge in [-0.2, -0.15) is 0 Å². The van der Waals surface area contributed by atoms with Crippen molar-refractivity contribution < 1.29 is 14.3 Å². The topological polar surface area (TPSA) is 61.9 Å². The number of hydrogen-bond donors (Lipinski definition) is 1. The quantitative estimate of drug-likeness (QED) is 0.862. The van der Waals surface area contributed by atoms with Crippen LogP contribution in [-0.2, 0) is 16.1 Å². The van der Waals surface area contributed by atoms with E-state index in [9.17, 15) is 9.59 Å². The van der Waals surface area contributed by atoms with Gasteiger partial charge in [-0.15, -0.1) is 0 Å². The summed E-state index contributed by atoms with van der Waals surface area (Å²) in [5.74, 6) is 0.134. The van der Waals surface area contributed by atoms with Crippen molar-refractivity contribution >= 4 is 12.0 Å². The van der Waals surface area contributed by atoms with Crippen molar-refractivity contribution in [1.29, 1.82) is 0 Å². The third-order valence-corrected chi connectivity index (χ3v) is 5.50. The standard InChI is InChI=1S/C21H31N3O3/c1-3-27-21(26)23-12-9-18(10-13-23)22-20(25)19-8-5-11-24(19)15-17-7-4-6-16(2)14-17/h4,6-7,14,18-19H,3,5,8-13,15H2,1-2H3,(H,22,25). The second kappa shape index (κ2) is 9.22. The number of amides is 2. The molecule has 1 aromatic rings. The fraction of sp³-hybridized carbons (Fsp3) is 0.619. The van der Waals surface area contributed by atoms with Gasteiger partial charge in [-0.05, 0) is 51.6 Å². The summed E-state index contributed by atoms with van der Waals surface area (Å²) < 4.78 is 5.05. The van der Waals surface area contributed by atoms with Crippen molar-refractivity contribution in [1.82, 2.24) is 15.1 Å². The smallest absolute Gasteiger partial charge is 0.409 e. The molecule has 0 aromatic heterocycles. The third-order valence-electron chi connectivity index (χ3n) is 5.50. The Bertz CT molecular complexity index is 656. The Morgan fingerprint density at radius 3 is 2.67 bits per heavy atom. The van der Waals surface area contributed by atoms with Crippen LogP contribution in [-0.4, -0.2) is 60.1 Å². The van der Waals surface area contributed by atoms with E-state index in [0.29, 0.717) is 19.7 Å². The van der Waals surface area contributed by atoms with Crippen LogP contribution in [0, 0.1) is 6.92 Å². The van der Waals surface area contributed by atoms with E-state index in [1.807, 2.05) is 6.92 Å². The van der Waals surface area contributed by atoms with Crippen LogP contribution in [0.4, 0.5) is 4.79 Å². The van der Waals surface area contributed by atoms with Gasteiger partial charge in [-0.25, -0.2) is 4.79 Å². The number of aryl methyl sites for hydroxylation is 1. The SMILES string of the molecule is CCOC(=O)N1CCC(NC(=O)C2CCCN2Cc2cccc(C)c2)CC1. The lowest BCUT2D eigenvalue weighted by molar-refractivity contribution is -0.126. The summed E-state index contributed by atoms with van der Waals surface area (Å²) in [5.41, 5.74) is 2.51. The van der Waals surface area contributed by atoms with E-state index >= 15 is 0 Å². The molecule has 2 saturated heterocycles. The van der Waals surface area contributed by atoms with Crippen LogP contribution in [0.15, 0.2) is 24.3 Å². The first-order chi connectivity index (χ1) is 13.1. The molecule has 2 fully saturated rings. The Kier molecular flexibility index (Phi) is 6.72. The lowest BCUT2D eigenvalue weighted by Gasteiger charge is -2.33. The molecule has 27 heavy (non-hydrogen) atoms. The second-order valence-electron chi connectivity index (χ2n) is 7.59. The van der Waals surface area contributed by atoms with Gasteiger partial charge in [0, 0.05) is 25.7 Å². The van der Waals surface area contributed by atoms with Gasteiger partial charge in [0.05, 0.1) is 12.6 Å². The Morgan fingerprint density at radius 2 is 1.96 bits per heavy atom. The van der Waals surface area contributed by atoms with E-state index in [2.05, 4.69) is 41.4 Å². The summed E-state index contributed by atoms with van der Waals surface area (Å²) in [6, 6.07) is 8.59. The maximum atomic E-state index is 12.8. The average molecular weight is 373 g/mol. The Morgan fingerprint density at radius 1 is 1.19 bits per heavy atom. The second-order valence-corrected chi connectivity index (χ2v) is 7.59. The van der Waals surface area contributed by atoms with Crippen molar-refractivity contribution in [2.75, 3.05) is 26.2 Å². The number of carbonyl (C=O) groups excluding carboxylic acids is 2. The summed E-state index contributed by atoms with van der Waals surface area (Å²) in [5, 5.41) is 3.22. The molecule has 0 aliphatic carbocycles. The molecule has 2 amide bonds. The molecule has 1 aromatic carbocycles. The average Bonchev–Trinajstić information content (AvgIpc) is 3.11. The number of rotatable bonds is 5. The van der Waals surface area contributed by atoms with Gasteiger partial charge in [-0.1, -0.05) is 29.8 Å². The van der Waals surface area contributed by atoms with Gasteiger partial charge in [0.1, 0.15) is 0 Å². The molecule has 6 heteroatoms. The first-order valence-electron chi connectivity index (χ1n) is 10.1. The molecule has 0 saturated carbocycles. The van der Waals surface area contributed by atoms with Gasteiger partial charge >= 0.3 is 6.09 Å². The number of likely N-dealkylation sites (tertiary alicyclic amines) is 2. The number of nitrogens with one attached hydrogen (secondary N) is 1. The number of hydrogen-bond acceptors (Lipinski definition) is 4. The molecule has 2 aliphatic rings. The van der Waals surface area contributed by atoms with Gasteiger partial charge in [-0.3, -0.25) is 9.69 Å². The zero-order valence-corrected chi connectivity index (χ0v) is 16.4.